The average molecular weight is 329 g/mol. The number of nitrogens with one attached hydrogen (secondary N) is 1. The maximum atomic E-state index is 12.9. The van der Waals surface area contributed by atoms with Crippen LogP contribution in [0.2, 0.25) is 0 Å². The first-order valence-electron chi connectivity index (χ1n) is 9.64. The number of likely N-dealkylation sites (tertiary alicyclic amines) is 2. The lowest BCUT2D eigenvalue weighted by atomic mass is 10.0. The van der Waals surface area contributed by atoms with Crippen LogP contribution in [0.5, 0.6) is 0 Å². The SMILES string of the molecule is O=C(NCCN1CCCCCC1)C(c1ccccc1)N1CCCC1. The minimum atomic E-state index is -0.127. The fourth-order valence-electron chi connectivity index (χ4n) is 3.96. The van der Waals surface area contributed by atoms with E-state index in [1.165, 1.54) is 51.6 Å². The molecule has 4 nitrogen and oxygen atoms in total. The van der Waals surface area contributed by atoms with Gasteiger partial charge in [0.05, 0.1) is 0 Å². The maximum absolute atomic E-state index is 12.9. The lowest BCUT2D eigenvalue weighted by Gasteiger charge is -2.27. The average Bonchev–Trinajstić information content (AvgIpc) is 3.00. The van der Waals surface area contributed by atoms with Crippen molar-refractivity contribution in [1.29, 1.82) is 0 Å². The van der Waals surface area contributed by atoms with Crippen molar-refractivity contribution in [2.24, 2.45) is 0 Å². The summed E-state index contributed by atoms with van der Waals surface area (Å²) in [6, 6.07) is 10.1. The first-order chi connectivity index (χ1) is 11.8. The van der Waals surface area contributed by atoms with E-state index in [0.717, 1.165) is 31.7 Å². The predicted octanol–water partition coefficient (Wildman–Crippen LogP) is 2.82. The van der Waals surface area contributed by atoms with Crippen LogP contribution >= 0.6 is 0 Å². The van der Waals surface area contributed by atoms with Crippen LogP contribution in [0.15, 0.2) is 30.3 Å². The number of amides is 1. The zero-order valence-electron chi connectivity index (χ0n) is 14.8. The molecule has 2 aliphatic rings. The summed E-state index contributed by atoms with van der Waals surface area (Å²) >= 11 is 0. The molecule has 4 heteroatoms. The Morgan fingerprint density at radius 1 is 0.917 bits per heavy atom. The maximum Gasteiger partial charge on any atom is 0.242 e. The van der Waals surface area contributed by atoms with E-state index in [0.29, 0.717) is 0 Å². The van der Waals surface area contributed by atoms with E-state index >= 15 is 0 Å². The van der Waals surface area contributed by atoms with E-state index < -0.39 is 0 Å². The molecule has 1 aromatic carbocycles. The van der Waals surface area contributed by atoms with Crippen LogP contribution in [0.3, 0.4) is 0 Å². The third-order valence-corrected chi connectivity index (χ3v) is 5.30. The van der Waals surface area contributed by atoms with Crippen LogP contribution in [-0.2, 0) is 4.79 Å². The summed E-state index contributed by atoms with van der Waals surface area (Å²) < 4.78 is 0. The number of hydrogen-bond donors (Lipinski definition) is 1. The van der Waals surface area contributed by atoms with Crippen LogP contribution in [-0.4, -0.2) is 55.0 Å². The summed E-state index contributed by atoms with van der Waals surface area (Å²) in [5, 5.41) is 3.20. The third-order valence-electron chi connectivity index (χ3n) is 5.30. The lowest BCUT2D eigenvalue weighted by Crippen LogP contribution is -2.42. The van der Waals surface area contributed by atoms with Crippen molar-refractivity contribution < 1.29 is 4.79 Å². The zero-order valence-corrected chi connectivity index (χ0v) is 14.8. The molecule has 1 unspecified atom stereocenters. The van der Waals surface area contributed by atoms with Crippen molar-refractivity contribution in [3.05, 3.63) is 35.9 Å². The van der Waals surface area contributed by atoms with Gasteiger partial charge in [0.15, 0.2) is 0 Å². The van der Waals surface area contributed by atoms with Crippen molar-refractivity contribution in [3.63, 3.8) is 0 Å². The molecule has 1 amide bonds. The molecule has 132 valence electrons. The Bertz CT molecular complexity index is 491. The van der Waals surface area contributed by atoms with Crippen LogP contribution in [0, 0.1) is 0 Å². The van der Waals surface area contributed by atoms with Gasteiger partial charge in [0, 0.05) is 13.1 Å². The Morgan fingerprint density at radius 3 is 2.21 bits per heavy atom. The number of rotatable bonds is 6. The van der Waals surface area contributed by atoms with E-state index in [4.69, 9.17) is 0 Å². The van der Waals surface area contributed by atoms with Gasteiger partial charge in [-0.25, -0.2) is 0 Å². The summed E-state index contributed by atoms with van der Waals surface area (Å²) in [7, 11) is 0. The molecule has 1 N–H and O–H groups in total. The fourth-order valence-corrected chi connectivity index (χ4v) is 3.96. The second kappa shape index (κ2) is 9.19. The zero-order chi connectivity index (χ0) is 16.6. The largest absolute Gasteiger partial charge is 0.353 e. The number of hydrogen-bond acceptors (Lipinski definition) is 3. The molecule has 0 saturated carbocycles. The van der Waals surface area contributed by atoms with Gasteiger partial charge < -0.3 is 10.2 Å². The molecule has 2 saturated heterocycles. The Balaban J connectivity index is 1.55. The van der Waals surface area contributed by atoms with Crippen LogP contribution in [0.4, 0.5) is 0 Å². The molecule has 1 atom stereocenters. The molecule has 0 aromatic heterocycles. The molecule has 2 heterocycles. The first-order valence-corrected chi connectivity index (χ1v) is 9.64. The van der Waals surface area contributed by atoms with Crippen molar-refractivity contribution in [2.75, 3.05) is 39.3 Å². The number of benzene rings is 1. The Hall–Kier alpha value is -1.39. The molecule has 2 aliphatic heterocycles. The van der Waals surface area contributed by atoms with Crippen LogP contribution in [0.25, 0.3) is 0 Å². The van der Waals surface area contributed by atoms with E-state index in [1.54, 1.807) is 0 Å². The summed E-state index contributed by atoms with van der Waals surface area (Å²) in [5.41, 5.74) is 1.12. The third kappa shape index (κ3) is 4.81. The predicted molar refractivity (Wildman–Crippen MR) is 97.9 cm³/mol. The Kier molecular flexibility index (Phi) is 6.67. The van der Waals surface area contributed by atoms with Gasteiger partial charge in [0.25, 0.3) is 0 Å². The van der Waals surface area contributed by atoms with Crippen molar-refractivity contribution >= 4 is 5.91 Å². The van der Waals surface area contributed by atoms with Gasteiger partial charge in [-0.15, -0.1) is 0 Å². The normalized spacial score (nSPS) is 21.3. The first kappa shape index (κ1) is 17.4. The Labute approximate surface area is 146 Å². The van der Waals surface area contributed by atoms with Gasteiger partial charge in [-0.05, 0) is 57.4 Å². The monoisotopic (exact) mass is 329 g/mol. The molecule has 0 spiro atoms. The highest BCUT2D eigenvalue weighted by atomic mass is 16.2. The van der Waals surface area contributed by atoms with E-state index in [1.807, 2.05) is 18.2 Å². The Morgan fingerprint density at radius 2 is 1.54 bits per heavy atom. The van der Waals surface area contributed by atoms with Crippen LogP contribution < -0.4 is 5.32 Å². The minimum Gasteiger partial charge on any atom is -0.353 e. The fraction of sp³-hybridized carbons (Fsp3) is 0.650. The van der Waals surface area contributed by atoms with Crippen LogP contribution in [0.1, 0.15) is 50.1 Å². The molecule has 0 radical (unpaired) electrons. The van der Waals surface area contributed by atoms with E-state index in [-0.39, 0.29) is 11.9 Å². The second-order valence-corrected chi connectivity index (χ2v) is 7.10. The summed E-state index contributed by atoms with van der Waals surface area (Å²) in [6.07, 6.45) is 7.71. The second-order valence-electron chi connectivity index (χ2n) is 7.10. The van der Waals surface area contributed by atoms with E-state index in [9.17, 15) is 4.79 Å². The van der Waals surface area contributed by atoms with Gasteiger partial charge in [-0.1, -0.05) is 43.2 Å². The van der Waals surface area contributed by atoms with Crippen molar-refractivity contribution in [2.45, 2.75) is 44.6 Å². The number of carbonyl (C=O) groups is 1. The van der Waals surface area contributed by atoms with Gasteiger partial charge in [-0.2, -0.15) is 0 Å². The highest BCUT2D eigenvalue weighted by Crippen LogP contribution is 2.25. The topological polar surface area (TPSA) is 35.6 Å². The van der Waals surface area contributed by atoms with Gasteiger partial charge >= 0.3 is 0 Å². The molecular formula is C20H31N3O. The number of nitrogens with zero attached hydrogens (tertiary/aromatic N) is 2. The highest BCUT2D eigenvalue weighted by molar-refractivity contribution is 5.83. The minimum absolute atomic E-state index is 0.127. The van der Waals surface area contributed by atoms with Crippen molar-refractivity contribution in [3.8, 4) is 0 Å². The quantitative estimate of drug-likeness (QED) is 0.872. The summed E-state index contributed by atoms with van der Waals surface area (Å²) in [6.45, 7) is 6.16. The molecular weight excluding hydrogens is 298 g/mol. The molecule has 1 aromatic rings. The standard InChI is InChI=1S/C20H31N3O/c24-20(21-12-17-22-13-6-1-2-7-14-22)19(23-15-8-9-16-23)18-10-4-3-5-11-18/h3-5,10-11,19H,1-2,6-9,12-17H2,(H,21,24). The van der Waals surface area contributed by atoms with E-state index in [2.05, 4.69) is 27.2 Å². The summed E-state index contributed by atoms with van der Waals surface area (Å²) in [5.74, 6) is 0.165. The summed E-state index contributed by atoms with van der Waals surface area (Å²) in [4.78, 5) is 17.7. The van der Waals surface area contributed by atoms with Gasteiger partial charge in [0.2, 0.25) is 5.91 Å². The molecule has 3 rings (SSSR count). The smallest absolute Gasteiger partial charge is 0.242 e. The molecule has 0 aliphatic carbocycles. The molecule has 24 heavy (non-hydrogen) atoms. The number of carbonyl (C=O) groups excluding carboxylic acids is 1. The van der Waals surface area contributed by atoms with Crippen molar-refractivity contribution in [1.82, 2.24) is 15.1 Å². The molecule has 2 fully saturated rings. The molecule has 0 bridgehead atoms. The highest BCUT2D eigenvalue weighted by Gasteiger charge is 2.29. The van der Waals surface area contributed by atoms with Gasteiger partial charge in [0.1, 0.15) is 6.04 Å². The van der Waals surface area contributed by atoms with Gasteiger partial charge in [-0.3, -0.25) is 9.69 Å². The lowest BCUT2D eigenvalue weighted by molar-refractivity contribution is -0.126.